The van der Waals surface area contributed by atoms with Gasteiger partial charge in [0.2, 0.25) is 0 Å². The summed E-state index contributed by atoms with van der Waals surface area (Å²) < 4.78 is 5.97. The Labute approximate surface area is 128 Å². The first-order chi connectivity index (χ1) is 10.0. The molecule has 0 aromatic heterocycles. The summed E-state index contributed by atoms with van der Waals surface area (Å²) in [6.07, 6.45) is 10.8. The Morgan fingerprint density at radius 3 is 2.38 bits per heavy atom. The topological polar surface area (TPSA) is 43.4 Å². The highest BCUT2D eigenvalue weighted by Crippen LogP contribution is 2.42. The first-order valence-corrected chi connectivity index (χ1v) is 8.44. The molecule has 0 aromatic carbocycles. The minimum Gasteiger partial charge on any atom is -0.455 e. The zero-order valence-electron chi connectivity index (χ0n) is 13.3. The van der Waals surface area contributed by atoms with E-state index in [0.717, 1.165) is 25.7 Å². The Balaban J connectivity index is 2.20. The van der Waals surface area contributed by atoms with Gasteiger partial charge in [0.15, 0.2) is 0 Å². The Morgan fingerprint density at radius 1 is 1.10 bits per heavy atom. The molecule has 0 radical (unpaired) electrons. The first kappa shape index (κ1) is 16.3. The van der Waals surface area contributed by atoms with Gasteiger partial charge >= 0.3 is 5.97 Å². The van der Waals surface area contributed by atoms with Gasteiger partial charge in [0.25, 0.3) is 0 Å². The van der Waals surface area contributed by atoms with Gasteiger partial charge in [0.1, 0.15) is 11.4 Å². The number of carbonyl (C=O) groups excluding carboxylic acids is 2. The summed E-state index contributed by atoms with van der Waals surface area (Å²) in [6.45, 7) is 5.41. The number of carbonyl (C=O) groups is 2. The van der Waals surface area contributed by atoms with Crippen molar-refractivity contribution >= 4 is 11.8 Å². The van der Waals surface area contributed by atoms with Gasteiger partial charge < -0.3 is 4.74 Å². The van der Waals surface area contributed by atoms with Crippen LogP contribution in [-0.2, 0) is 14.3 Å². The number of esters is 1. The maximum absolute atomic E-state index is 12.1. The zero-order valence-corrected chi connectivity index (χ0v) is 13.3. The number of hydrogen-bond donors (Lipinski definition) is 0. The predicted molar refractivity (Wildman–Crippen MR) is 82.9 cm³/mol. The van der Waals surface area contributed by atoms with Crippen molar-refractivity contribution in [2.24, 2.45) is 5.92 Å². The highest BCUT2D eigenvalue weighted by atomic mass is 16.6. The second-order valence-corrected chi connectivity index (χ2v) is 6.82. The maximum atomic E-state index is 12.1. The SMILES string of the molecule is C=C(C)C(=O)OC1(C2CCCCCC2)CCCC(=O)CC1. The second kappa shape index (κ2) is 7.24. The van der Waals surface area contributed by atoms with Crippen molar-refractivity contribution < 1.29 is 14.3 Å². The van der Waals surface area contributed by atoms with Gasteiger partial charge in [-0.2, -0.15) is 0 Å². The van der Waals surface area contributed by atoms with E-state index < -0.39 is 5.60 Å². The summed E-state index contributed by atoms with van der Waals surface area (Å²) in [5, 5.41) is 0. The average Bonchev–Trinajstić information content (AvgIpc) is 2.81. The van der Waals surface area contributed by atoms with E-state index in [4.69, 9.17) is 4.74 Å². The van der Waals surface area contributed by atoms with Crippen LogP contribution in [0.25, 0.3) is 0 Å². The van der Waals surface area contributed by atoms with Crippen LogP contribution in [0.15, 0.2) is 12.2 Å². The third-order valence-electron chi connectivity index (χ3n) is 5.13. The molecule has 2 rings (SSSR count). The highest BCUT2D eigenvalue weighted by Gasteiger charge is 2.43. The Kier molecular flexibility index (Phi) is 5.60. The van der Waals surface area contributed by atoms with E-state index in [9.17, 15) is 9.59 Å². The van der Waals surface area contributed by atoms with Gasteiger partial charge in [-0.15, -0.1) is 0 Å². The summed E-state index contributed by atoms with van der Waals surface area (Å²) in [4.78, 5) is 23.9. The number of ketones is 1. The van der Waals surface area contributed by atoms with Crippen molar-refractivity contribution in [2.45, 2.75) is 83.2 Å². The van der Waals surface area contributed by atoms with Gasteiger partial charge in [-0.3, -0.25) is 4.79 Å². The molecular formula is C18H28O3. The molecule has 3 nitrogen and oxygen atoms in total. The smallest absolute Gasteiger partial charge is 0.333 e. The van der Waals surface area contributed by atoms with E-state index in [1.165, 1.54) is 25.7 Å². The van der Waals surface area contributed by atoms with Gasteiger partial charge in [0.05, 0.1) is 0 Å². The molecule has 0 spiro atoms. The molecule has 1 unspecified atom stereocenters. The van der Waals surface area contributed by atoms with E-state index in [0.29, 0.717) is 36.5 Å². The van der Waals surface area contributed by atoms with Gasteiger partial charge in [-0.1, -0.05) is 32.3 Å². The van der Waals surface area contributed by atoms with Crippen LogP contribution in [0.2, 0.25) is 0 Å². The summed E-state index contributed by atoms with van der Waals surface area (Å²) in [6, 6.07) is 0. The van der Waals surface area contributed by atoms with Crippen LogP contribution >= 0.6 is 0 Å². The molecule has 2 aliphatic carbocycles. The molecule has 0 aromatic rings. The van der Waals surface area contributed by atoms with Crippen LogP contribution in [0.3, 0.4) is 0 Å². The summed E-state index contributed by atoms with van der Waals surface area (Å²) in [5.74, 6) is 0.444. The van der Waals surface area contributed by atoms with Gasteiger partial charge in [0, 0.05) is 18.4 Å². The van der Waals surface area contributed by atoms with Crippen LogP contribution in [0, 0.1) is 5.92 Å². The number of hydrogen-bond acceptors (Lipinski definition) is 3. The molecular weight excluding hydrogens is 264 g/mol. The van der Waals surface area contributed by atoms with E-state index in [2.05, 4.69) is 6.58 Å². The zero-order chi connectivity index (χ0) is 15.3. The minimum atomic E-state index is -0.424. The number of ether oxygens (including phenoxy) is 1. The molecule has 2 aliphatic rings. The fourth-order valence-corrected chi connectivity index (χ4v) is 3.86. The lowest BCUT2D eigenvalue weighted by Crippen LogP contribution is -2.42. The molecule has 0 saturated heterocycles. The molecule has 0 heterocycles. The molecule has 3 heteroatoms. The Morgan fingerprint density at radius 2 is 1.76 bits per heavy atom. The van der Waals surface area contributed by atoms with Crippen molar-refractivity contribution in [3.63, 3.8) is 0 Å². The third kappa shape index (κ3) is 4.18. The third-order valence-corrected chi connectivity index (χ3v) is 5.13. The van der Waals surface area contributed by atoms with E-state index in [-0.39, 0.29) is 5.97 Å². The first-order valence-electron chi connectivity index (χ1n) is 8.44. The lowest BCUT2D eigenvalue weighted by Gasteiger charge is -2.39. The molecule has 2 fully saturated rings. The predicted octanol–water partition coefficient (Wildman–Crippen LogP) is 4.35. The Hall–Kier alpha value is -1.12. The monoisotopic (exact) mass is 292 g/mol. The fourth-order valence-electron chi connectivity index (χ4n) is 3.86. The molecule has 21 heavy (non-hydrogen) atoms. The van der Waals surface area contributed by atoms with Crippen molar-refractivity contribution in [2.75, 3.05) is 0 Å². The summed E-state index contributed by atoms with van der Waals surface area (Å²) >= 11 is 0. The van der Waals surface area contributed by atoms with E-state index in [1.807, 2.05) is 0 Å². The number of rotatable bonds is 3. The van der Waals surface area contributed by atoms with Crippen molar-refractivity contribution in [1.29, 1.82) is 0 Å². The molecule has 2 saturated carbocycles. The van der Waals surface area contributed by atoms with E-state index >= 15 is 0 Å². The quantitative estimate of drug-likeness (QED) is 0.441. The Bertz CT molecular complexity index is 405. The second-order valence-electron chi connectivity index (χ2n) is 6.82. The maximum Gasteiger partial charge on any atom is 0.333 e. The van der Waals surface area contributed by atoms with Crippen molar-refractivity contribution in [3.05, 3.63) is 12.2 Å². The molecule has 0 aliphatic heterocycles. The lowest BCUT2D eigenvalue weighted by atomic mass is 9.76. The molecule has 1 atom stereocenters. The van der Waals surface area contributed by atoms with Crippen LogP contribution in [0.4, 0.5) is 0 Å². The summed E-state index contributed by atoms with van der Waals surface area (Å²) in [7, 11) is 0. The average molecular weight is 292 g/mol. The molecule has 0 bridgehead atoms. The van der Waals surface area contributed by atoms with E-state index in [1.54, 1.807) is 6.92 Å². The van der Waals surface area contributed by atoms with Gasteiger partial charge in [-0.05, 0) is 44.9 Å². The van der Waals surface area contributed by atoms with Crippen LogP contribution in [-0.4, -0.2) is 17.4 Å². The normalized spacial score (nSPS) is 28.5. The van der Waals surface area contributed by atoms with Crippen LogP contribution in [0.1, 0.15) is 77.6 Å². The van der Waals surface area contributed by atoms with Crippen molar-refractivity contribution in [1.82, 2.24) is 0 Å². The standard InChI is InChI=1S/C18H28O3/c1-14(2)17(20)21-18(12-7-10-16(19)11-13-18)15-8-5-3-4-6-9-15/h15H,1,3-13H2,2H3. The number of Topliss-reactive ketones (excluding diaryl/α,β-unsaturated/α-hetero) is 1. The fraction of sp³-hybridized carbons (Fsp3) is 0.778. The van der Waals surface area contributed by atoms with Crippen LogP contribution < -0.4 is 0 Å². The minimum absolute atomic E-state index is 0.284. The largest absolute Gasteiger partial charge is 0.455 e. The molecule has 118 valence electrons. The molecule has 0 amide bonds. The lowest BCUT2D eigenvalue weighted by molar-refractivity contribution is -0.164. The van der Waals surface area contributed by atoms with Gasteiger partial charge in [-0.25, -0.2) is 4.79 Å². The summed E-state index contributed by atoms with van der Waals surface area (Å²) in [5.41, 5.74) is 0.0329. The molecule has 0 N–H and O–H groups in total. The highest BCUT2D eigenvalue weighted by molar-refractivity contribution is 5.87. The van der Waals surface area contributed by atoms with Crippen LogP contribution in [0.5, 0.6) is 0 Å². The van der Waals surface area contributed by atoms with Crippen molar-refractivity contribution in [3.8, 4) is 0 Å².